The number of nitrogens with one attached hydrogen (secondary N) is 1. The number of aliphatic hydroxyl groups excluding tert-OH is 1. The van der Waals surface area contributed by atoms with E-state index in [1.54, 1.807) is 12.1 Å². The number of hydrogen-bond acceptors (Lipinski definition) is 5. The maximum absolute atomic E-state index is 14.6. The second-order valence-corrected chi connectivity index (χ2v) is 7.59. The number of thioether (sulfide) groups is 1. The molecule has 2 heterocycles. The zero-order chi connectivity index (χ0) is 18.0. The topological polar surface area (TPSA) is 78.9 Å². The van der Waals surface area contributed by atoms with Gasteiger partial charge in [-0.2, -0.15) is 0 Å². The molecule has 0 aliphatic carbocycles. The van der Waals surface area contributed by atoms with E-state index in [0.717, 1.165) is 12.2 Å². The van der Waals surface area contributed by atoms with Gasteiger partial charge < -0.3 is 15.2 Å². The summed E-state index contributed by atoms with van der Waals surface area (Å²) in [5.41, 5.74) is 0.550. The van der Waals surface area contributed by atoms with E-state index in [9.17, 15) is 19.1 Å². The first-order chi connectivity index (χ1) is 11.9. The van der Waals surface area contributed by atoms with Crippen molar-refractivity contribution in [1.82, 2.24) is 5.32 Å². The molecule has 3 atom stereocenters. The van der Waals surface area contributed by atoms with E-state index < -0.39 is 17.6 Å². The molecule has 0 radical (unpaired) electrons. The summed E-state index contributed by atoms with van der Waals surface area (Å²) < 4.78 is 19.8. The number of cyclic esters (lactones) is 1. The Bertz CT molecular complexity index is 672. The molecule has 2 saturated heterocycles. The van der Waals surface area contributed by atoms with Gasteiger partial charge in [0.15, 0.2) is 0 Å². The van der Waals surface area contributed by atoms with Crippen LogP contribution in [-0.4, -0.2) is 47.5 Å². The Balaban J connectivity index is 1.70. The van der Waals surface area contributed by atoms with Gasteiger partial charge in [0.25, 0.3) is 0 Å². The second kappa shape index (κ2) is 7.61. The van der Waals surface area contributed by atoms with Gasteiger partial charge in [0, 0.05) is 6.92 Å². The van der Waals surface area contributed by atoms with Crippen molar-refractivity contribution >= 4 is 29.4 Å². The molecule has 2 aliphatic rings. The predicted octanol–water partition coefficient (Wildman–Crippen LogP) is 2.22. The van der Waals surface area contributed by atoms with Crippen LogP contribution in [0.5, 0.6) is 0 Å². The van der Waals surface area contributed by atoms with Gasteiger partial charge >= 0.3 is 6.09 Å². The molecular formula is C17H21FN2O4S. The van der Waals surface area contributed by atoms with Gasteiger partial charge in [-0.1, -0.05) is 6.07 Å². The normalized spacial score (nSPS) is 26.4. The first kappa shape index (κ1) is 18.0. The first-order valence-electron chi connectivity index (χ1n) is 8.25. The fourth-order valence-electron chi connectivity index (χ4n) is 3.17. The van der Waals surface area contributed by atoms with Gasteiger partial charge in [0.1, 0.15) is 11.9 Å². The average Bonchev–Trinajstić information content (AvgIpc) is 2.94. The Morgan fingerprint density at radius 1 is 1.52 bits per heavy atom. The highest BCUT2D eigenvalue weighted by molar-refractivity contribution is 7.99. The van der Waals surface area contributed by atoms with E-state index in [1.165, 1.54) is 29.7 Å². The number of aliphatic hydroxyl groups is 1. The van der Waals surface area contributed by atoms with Crippen LogP contribution >= 0.6 is 11.8 Å². The van der Waals surface area contributed by atoms with Gasteiger partial charge in [-0.05, 0) is 42.2 Å². The Kier molecular flexibility index (Phi) is 5.48. The molecular weight excluding hydrogens is 347 g/mol. The highest BCUT2D eigenvalue weighted by Crippen LogP contribution is 2.37. The van der Waals surface area contributed by atoms with Crippen LogP contribution in [0.25, 0.3) is 0 Å². The maximum atomic E-state index is 14.6. The quantitative estimate of drug-likeness (QED) is 0.852. The third kappa shape index (κ3) is 4.24. The van der Waals surface area contributed by atoms with Crippen LogP contribution in [0, 0.1) is 5.82 Å². The molecule has 6 nitrogen and oxygen atoms in total. The lowest BCUT2D eigenvalue weighted by Gasteiger charge is -2.26. The Hall–Kier alpha value is -1.80. The third-order valence-electron chi connectivity index (χ3n) is 4.45. The molecule has 1 unspecified atom stereocenters. The standard InChI is InChI=1S/C17H21FN2O4S/c1-10(21)19-8-13-9-20(17(23)24-13)12-2-3-14(15(18)7-12)11-4-5-25-16(22)6-11/h2-3,7,11,13,16,22H,4-6,8-9H2,1H3,(H,19,21)/t11-,13?,16+/m1/s1. The third-order valence-corrected chi connectivity index (χ3v) is 5.50. The number of rotatable bonds is 4. The Morgan fingerprint density at radius 2 is 2.32 bits per heavy atom. The molecule has 1 aromatic carbocycles. The molecule has 1 aromatic rings. The van der Waals surface area contributed by atoms with E-state index in [4.69, 9.17) is 4.74 Å². The summed E-state index contributed by atoms with van der Waals surface area (Å²) in [6.07, 6.45) is 0.352. The van der Waals surface area contributed by atoms with Crippen molar-refractivity contribution in [2.24, 2.45) is 0 Å². The second-order valence-electron chi connectivity index (χ2n) is 6.31. The molecule has 0 saturated carbocycles. The van der Waals surface area contributed by atoms with Crippen LogP contribution < -0.4 is 10.2 Å². The van der Waals surface area contributed by atoms with Crippen LogP contribution in [0.4, 0.5) is 14.9 Å². The van der Waals surface area contributed by atoms with E-state index in [1.807, 2.05) is 0 Å². The Labute approximate surface area is 149 Å². The molecule has 0 aromatic heterocycles. The van der Waals surface area contributed by atoms with Gasteiger partial charge in [-0.3, -0.25) is 9.69 Å². The zero-order valence-corrected chi connectivity index (χ0v) is 14.7. The molecule has 2 N–H and O–H groups in total. The molecule has 2 fully saturated rings. The minimum Gasteiger partial charge on any atom is -0.442 e. The monoisotopic (exact) mass is 368 g/mol. The maximum Gasteiger partial charge on any atom is 0.414 e. The number of carbonyl (C=O) groups excluding carboxylic acids is 2. The summed E-state index contributed by atoms with van der Waals surface area (Å²) >= 11 is 1.49. The molecule has 25 heavy (non-hydrogen) atoms. The van der Waals surface area contributed by atoms with Crippen molar-refractivity contribution in [3.63, 3.8) is 0 Å². The average molecular weight is 368 g/mol. The number of carbonyl (C=O) groups is 2. The summed E-state index contributed by atoms with van der Waals surface area (Å²) in [7, 11) is 0. The van der Waals surface area contributed by atoms with Crippen LogP contribution in [0.3, 0.4) is 0 Å². The highest BCUT2D eigenvalue weighted by Gasteiger charge is 2.33. The summed E-state index contributed by atoms with van der Waals surface area (Å²) in [5.74, 6) is 0.219. The lowest BCUT2D eigenvalue weighted by atomic mass is 9.92. The number of benzene rings is 1. The molecule has 0 spiro atoms. The van der Waals surface area contributed by atoms with Crippen LogP contribution in [0.2, 0.25) is 0 Å². The van der Waals surface area contributed by atoms with E-state index >= 15 is 0 Å². The van der Waals surface area contributed by atoms with E-state index in [2.05, 4.69) is 5.32 Å². The van der Waals surface area contributed by atoms with E-state index in [0.29, 0.717) is 17.7 Å². The smallest absolute Gasteiger partial charge is 0.414 e. The van der Waals surface area contributed by atoms with Crippen LogP contribution in [0.1, 0.15) is 31.2 Å². The fraction of sp³-hybridized carbons (Fsp3) is 0.529. The van der Waals surface area contributed by atoms with Crippen molar-refractivity contribution in [2.75, 3.05) is 23.7 Å². The van der Waals surface area contributed by atoms with Crippen LogP contribution in [-0.2, 0) is 9.53 Å². The molecule has 2 aliphatic heterocycles. The van der Waals surface area contributed by atoms with Gasteiger partial charge in [-0.15, -0.1) is 11.8 Å². The lowest BCUT2D eigenvalue weighted by Crippen LogP contribution is -2.33. The number of ether oxygens (including phenoxy) is 1. The number of nitrogens with zero attached hydrogens (tertiary/aromatic N) is 1. The predicted molar refractivity (Wildman–Crippen MR) is 93.1 cm³/mol. The van der Waals surface area contributed by atoms with E-state index in [-0.39, 0.29) is 30.7 Å². The number of amides is 2. The summed E-state index contributed by atoms with van der Waals surface area (Å²) in [6, 6.07) is 4.73. The van der Waals surface area contributed by atoms with Crippen molar-refractivity contribution in [3.05, 3.63) is 29.6 Å². The van der Waals surface area contributed by atoms with Gasteiger partial charge in [-0.25, -0.2) is 9.18 Å². The highest BCUT2D eigenvalue weighted by atomic mass is 32.2. The molecule has 2 amide bonds. The lowest BCUT2D eigenvalue weighted by molar-refractivity contribution is -0.119. The fourth-order valence-corrected chi connectivity index (χ4v) is 4.23. The minimum absolute atomic E-state index is 0.0108. The summed E-state index contributed by atoms with van der Waals surface area (Å²) in [4.78, 5) is 24.3. The molecule has 136 valence electrons. The first-order valence-corrected chi connectivity index (χ1v) is 9.30. The number of anilines is 1. The largest absolute Gasteiger partial charge is 0.442 e. The van der Waals surface area contributed by atoms with Crippen LogP contribution in [0.15, 0.2) is 18.2 Å². The summed E-state index contributed by atoms with van der Waals surface area (Å²) in [5, 5.41) is 12.4. The van der Waals surface area contributed by atoms with Gasteiger partial charge in [0.05, 0.1) is 24.2 Å². The minimum atomic E-state index is -0.549. The van der Waals surface area contributed by atoms with Crippen molar-refractivity contribution in [3.8, 4) is 0 Å². The zero-order valence-electron chi connectivity index (χ0n) is 13.9. The molecule has 3 rings (SSSR count). The van der Waals surface area contributed by atoms with Crippen molar-refractivity contribution < 1.29 is 23.8 Å². The van der Waals surface area contributed by atoms with Crippen molar-refractivity contribution in [2.45, 2.75) is 37.2 Å². The Morgan fingerprint density at radius 3 is 3.00 bits per heavy atom. The number of halogens is 1. The number of hydrogen-bond donors (Lipinski definition) is 2. The summed E-state index contributed by atoms with van der Waals surface area (Å²) in [6.45, 7) is 1.88. The molecule has 8 heteroatoms. The van der Waals surface area contributed by atoms with Crippen molar-refractivity contribution in [1.29, 1.82) is 0 Å². The SMILES string of the molecule is CC(=O)NCC1CN(c2ccc([C@@H]3CCS[C@H](O)C3)c(F)c2)C(=O)O1. The molecule has 0 bridgehead atoms. The van der Waals surface area contributed by atoms with Gasteiger partial charge in [0.2, 0.25) is 5.91 Å².